The van der Waals surface area contributed by atoms with E-state index in [9.17, 15) is 5.11 Å². The second kappa shape index (κ2) is 5.19. The number of nitrogens with zero attached hydrogens (tertiary/aromatic N) is 2. The average Bonchev–Trinajstić information content (AvgIpc) is 2.39. The summed E-state index contributed by atoms with van der Waals surface area (Å²) in [6.45, 7) is 1.93. The number of rotatable bonds is 3. The molecule has 3 heteroatoms. The van der Waals surface area contributed by atoms with Gasteiger partial charge in [0.1, 0.15) is 6.10 Å². The van der Waals surface area contributed by atoms with Gasteiger partial charge in [-0.2, -0.15) is 0 Å². The SMILES string of the molecule is Cc1ccc(C(O)c2ccc(N(C)C)cc2)cn1. The van der Waals surface area contributed by atoms with Crippen LogP contribution in [0.5, 0.6) is 0 Å². The third-order valence-corrected chi connectivity index (χ3v) is 2.98. The molecule has 1 heterocycles. The molecule has 2 aromatic rings. The van der Waals surface area contributed by atoms with E-state index in [0.29, 0.717) is 0 Å². The standard InChI is InChI=1S/C15H18N2O/c1-11-4-5-13(10-16-11)15(18)12-6-8-14(9-7-12)17(2)3/h4-10,15,18H,1-3H3. The molecule has 0 radical (unpaired) electrons. The van der Waals surface area contributed by atoms with Crippen molar-refractivity contribution >= 4 is 5.69 Å². The molecule has 94 valence electrons. The molecule has 0 aliphatic rings. The highest BCUT2D eigenvalue weighted by molar-refractivity contribution is 5.47. The largest absolute Gasteiger partial charge is 0.384 e. The molecule has 0 aliphatic heterocycles. The van der Waals surface area contributed by atoms with Crippen LogP contribution in [0.4, 0.5) is 5.69 Å². The van der Waals surface area contributed by atoms with Gasteiger partial charge in [-0.05, 0) is 30.7 Å². The van der Waals surface area contributed by atoms with Crippen LogP contribution in [-0.4, -0.2) is 24.2 Å². The molecular weight excluding hydrogens is 224 g/mol. The minimum absolute atomic E-state index is 0.616. The summed E-state index contributed by atoms with van der Waals surface area (Å²) in [5.41, 5.74) is 3.77. The minimum atomic E-state index is -0.616. The summed E-state index contributed by atoms with van der Waals surface area (Å²) in [5.74, 6) is 0. The first-order valence-electron chi connectivity index (χ1n) is 5.96. The van der Waals surface area contributed by atoms with Crippen molar-refractivity contribution < 1.29 is 5.11 Å². The lowest BCUT2D eigenvalue weighted by Gasteiger charge is -2.15. The van der Waals surface area contributed by atoms with E-state index >= 15 is 0 Å². The fourth-order valence-electron chi connectivity index (χ4n) is 1.79. The number of benzene rings is 1. The van der Waals surface area contributed by atoms with Crippen molar-refractivity contribution in [1.29, 1.82) is 0 Å². The monoisotopic (exact) mass is 242 g/mol. The molecule has 1 aromatic carbocycles. The maximum Gasteiger partial charge on any atom is 0.106 e. The van der Waals surface area contributed by atoms with Crippen LogP contribution in [0.15, 0.2) is 42.6 Å². The molecule has 18 heavy (non-hydrogen) atoms. The predicted molar refractivity (Wildman–Crippen MR) is 73.8 cm³/mol. The fourth-order valence-corrected chi connectivity index (χ4v) is 1.79. The lowest BCUT2D eigenvalue weighted by molar-refractivity contribution is 0.220. The zero-order valence-electron chi connectivity index (χ0n) is 11.0. The number of aliphatic hydroxyl groups is 1. The first-order valence-corrected chi connectivity index (χ1v) is 5.96. The van der Waals surface area contributed by atoms with Crippen LogP contribution in [0.2, 0.25) is 0 Å². The number of aryl methyl sites for hydroxylation is 1. The smallest absolute Gasteiger partial charge is 0.106 e. The van der Waals surface area contributed by atoms with E-state index < -0.39 is 6.10 Å². The van der Waals surface area contributed by atoms with Crippen molar-refractivity contribution in [3.05, 3.63) is 59.4 Å². The van der Waals surface area contributed by atoms with Gasteiger partial charge in [0.15, 0.2) is 0 Å². The maximum absolute atomic E-state index is 10.3. The third kappa shape index (κ3) is 2.68. The minimum Gasteiger partial charge on any atom is -0.384 e. The molecule has 3 nitrogen and oxygen atoms in total. The van der Waals surface area contributed by atoms with Crippen LogP contribution in [0.1, 0.15) is 22.9 Å². The van der Waals surface area contributed by atoms with Gasteiger partial charge in [-0.3, -0.25) is 4.98 Å². The molecule has 2 rings (SSSR count). The molecule has 1 atom stereocenters. The van der Waals surface area contributed by atoms with E-state index in [4.69, 9.17) is 0 Å². The first-order chi connectivity index (χ1) is 8.58. The molecule has 0 saturated heterocycles. The van der Waals surface area contributed by atoms with Crippen LogP contribution in [0.3, 0.4) is 0 Å². The Morgan fingerprint density at radius 2 is 1.61 bits per heavy atom. The van der Waals surface area contributed by atoms with Crippen LogP contribution < -0.4 is 4.90 Å². The zero-order chi connectivity index (χ0) is 13.1. The number of aliphatic hydroxyl groups excluding tert-OH is 1. The van der Waals surface area contributed by atoms with E-state index in [1.807, 2.05) is 62.3 Å². The Kier molecular flexibility index (Phi) is 3.63. The normalized spacial score (nSPS) is 12.2. The van der Waals surface area contributed by atoms with Gasteiger partial charge in [0, 0.05) is 37.2 Å². The van der Waals surface area contributed by atoms with E-state index in [-0.39, 0.29) is 0 Å². The van der Waals surface area contributed by atoms with Gasteiger partial charge >= 0.3 is 0 Å². The number of hydrogen-bond donors (Lipinski definition) is 1. The molecule has 0 amide bonds. The Hall–Kier alpha value is -1.87. The van der Waals surface area contributed by atoms with Crippen LogP contribution in [-0.2, 0) is 0 Å². The van der Waals surface area contributed by atoms with Crippen molar-refractivity contribution in [2.24, 2.45) is 0 Å². The van der Waals surface area contributed by atoms with Crippen LogP contribution in [0, 0.1) is 6.92 Å². The second-order valence-corrected chi connectivity index (χ2v) is 4.62. The van der Waals surface area contributed by atoms with E-state index in [1.54, 1.807) is 6.20 Å². The van der Waals surface area contributed by atoms with Gasteiger partial charge in [-0.25, -0.2) is 0 Å². The highest BCUT2D eigenvalue weighted by Crippen LogP contribution is 2.23. The summed E-state index contributed by atoms with van der Waals surface area (Å²) in [7, 11) is 3.99. The van der Waals surface area contributed by atoms with Crippen molar-refractivity contribution in [2.45, 2.75) is 13.0 Å². The summed E-state index contributed by atoms with van der Waals surface area (Å²) >= 11 is 0. The van der Waals surface area contributed by atoms with Crippen molar-refractivity contribution in [2.75, 3.05) is 19.0 Å². The van der Waals surface area contributed by atoms with Gasteiger partial charge < -0.3 is 10.0 Å². The molecule has 1 aromatic heterocycles. The highest BCUT2D eigenvalue weighted by atomic mass is 16.3. The summed E-state index contributed by atoms with van der Waals surface area (Å²) in [6, 6.07) is 11.7. The molecular formula is C15H18N2O. The van der Waals surface area contributed by atoms with E-state index in [2.05, 4.69) is 4.98 Å². The van der Waals surface area contributed by atoms with Crippen molar-refractivity contribution in [1.82, 2.24) is 4.98 Å². The summed E-state index contributed by atoms with van der Waals surface area (Å²) in [6.07, 6.45) is 1.11. The quantitative estimate of drug-likeness (QED) is 0.898. The van der Waals surface area contributed by atoms with Crippen LogP contribution >= 0.6 is 0 Å². The zero-order valence-corrected chi connectivity index (χ0v) is 11.0. The van der Waals surface area contributed by atoms with Crippen molar-refractivity contribution in [3.8, 4) is 0 Å². The summed E-state index contributed by atoms with van der Waals surface area (Å²) in [4.78, 5) is 6.23. The highest BCUT2D eigenvalue weighted by Gasteiger charge is 2.10. The predicted octanol–water partition coefficient (Wildman–Crippen LogP) is 2.54. The average molecular weight is 242 g/mol. The van der Waals surface area contributed by atoms with Gasteiger partial charge in [-0.1, -0.05) is 18.2 Å². The molecule has 0 saturated carbocycles. The first kappa shape index (κ1) is 12.6. The Bertz CT molecular complexity index is 503. The topological polar surface area (TPSA) is 36.4 Å². The van der Waals surface area contributed by atoms with Crippen molar-refractivity contribution in [3.63, 3.8) is 0 Å². The van der Waals surface area contributed by atoms with Gasteiger partial charge in [0.25, 0.3) is 0 Å². The lowest BCUT2D eigenvalue weighted by Crippen LogP contribution is -2.08. The van der Waals surface area contributed by atoms with Gasteiger partial charge in [0.05, 0.1) is 0 Å². The molecule has 0 bridgehead atoms. The third-order valence-electron chi connectivity index (χ3n) is 2.98. The number of anilines is 1. The Morgan fingerprint density at radius 3 is 2.11 bits per heavy atom. The summed E-state index contributed by atoms with van der Waals surface area (Å²) in [5, 5.41) is 10.3. The Labute approximate surface area is 108 Å². The molecule has 0 aliphatic carbocycles. The molecule has 1 unspecified atom stereocenters. The maximum atomic E-state index is 10.3. The Balaban J connectivity index is 2.23. The second-order valence-electron chi connectivity index (χ2n) is 4.62. The number of hydrogen-bond acceptors (Lipinski definition) is 3. The van der Waals surface area contributed by atoms with E-state index in [1.165, 1.54) is 0 Å². The molecule has 0 spiro atoms. The summed E-state index contributed by atoms with van der Waals surface area (Å²) < 4.78 is 0. The number of aromatic nitrogens is 1. The number of pyridine rings is 1. The lowest BCUT2D eigenvalue weighted by atomic mass is 10.0. The molecule has 0 fully saturated rings. The van der Waals surface area contributed by atoms with Crippen LogP contribution in [0.25, 0.3) is 0 Å². The van der Waals surface area contributed by atoms with Gasteiger partial charge in [0.2, 0.25) is 0 Å². The Morgan fingerprint density at radius 1 is 1.00 bits per heavy atom. The fraction of sp³-hybridized carbons (Fsp3) is 0.267. The van der Waals surface area contributed by atoms with E-state index in [0.717, 1.165) is 22.5 Å². The van der Waals surface area contributed by atoms with Gasteiger partial charge in [-0.15, -0.1) is 0 Å². The molecule has 1 N–H and O–H groups in total.